The maximum Gasteiger partial charge on any atom is 0.122 e. The summed E-state index contributed by atoms with van der Waals surface area (Å²) in [6, 6.07) is 12.9. The molecule has 1 saturated carbocycles. The molecule has 4 heteroatoms. The minimum absolute atomic E-state index is 0.580. The zero-order valence-corrected chi connectivity index (χ0v) is 12.1. The second-order valence-electron chi connectivity index (χ2n) is 4.79. The van der Waals surface area contributed by atoms with Crippen molar-refractivity contribution in [3.63, 3.8) is 0 Å². The summed E-state index contributed by atoms with van der Waals surface area (Å²) in [5.41, 5.74) is 1.30. The third kappa shape index (κ3) is 3.96. The fraction of sp³-hybridized carbons (Fsp3) is 0.333. The molecule has 1 aromatic heterocycles. The average Bonchev–Trinajstić information content (AvgIpc) is 3.17. The normalized spacial score (nSPS) is 14.6. The molecule has 0 bridgehead atoms. The minimum atomic E-state index is 0.580. The van der Waals surface area contributed by atoms with Crippen LogP contribution in [0.25, 0.3) is 0 Å². The maximum absolute atomic E-state index is 5.88. The van der Waals surface area contributed by atoms with E-state index in [1.807, 2.05) is 24.3 Å². The average molecular weight is 294 g/mol. The first kappa shape index (κ1) is 13.0. The van der Waals surface area contributed by atoms with Crippen LogP contribution in [0, 0.1) is 0 Å². The number of hydrogen-bond acceptors (Lipinski definition) is 3. The Bertz CT molecular complexity index is 533. The highest BCUT2D eigenvalue weighted by atomic mass is 35.5. The van der Waals surface area contributed by atoms with Crippen molar-refractivity contribution >= 4 is 22.9 Å². The molecule has 0 spiro atoms. The zero-order chi connectivity index (χ0) is 13.1. The number of thiophene rings is 1. The predicted octanol–water partition coefficient (Wildman–Crippen LogP) is 4.23. The highest BCUT2D eigenvalue weighted by Crippen LogP contribution is 2.23. The van der Waals surface area contributed by atoms with Crippen LogP contribution in [0.3, 0.4) is 0 Å². The van der Waals surface area contributed by atoms with Crippen molar-refractivity contribution < 1.29 is 4.74 Å². The van der Waals surface area contributed by atoms with E-state index in [1.165, 1.54) is 18.4 Å². The lowest BCUT2D eigenvalue weighted by Gasteiger charge is -2.07. The molecule has 1 N–H and O–H groups in total. The number of nitrogens with one attached hydrogen (secondary N) is 1. The first-order valence-corrected chi connectivity index (χ1v) is 7.68. The largest absolute Gasteiger partial charge is 0.488 e. The summed E-state index contributed by atoms with van der Waals surface area (Å²) in [6.07, 6.45) is 2.65. The van der Waals surface area contributed by atoms with Crippen LogP contribution >= 0.6 is 22.9 Å². The lowest BCUT2D eigenvalue weighted by molar-refractivity contribution is 0.309. The fourth-order valence-electron chi connectivity index (χ4n) is 1.84. The number of rotatable bonds is 6. The third-order valence-electron chi connectivity index (χ3n) is 3.11. The van der Waals surface area contributed by atoms with Gasteiger partial charge in [-0.25, -0.2) is 0 Å². The van der Waals surface area contributed by atoms with Gasteiger partial charge in [0.05, 0.1) is 4.34 Å². The minimum Gasteiger partial charge on any atom is -0.488 e. The van der Waals surface area contributed by atoms with E-state index in [-0.39, 0.29) is 0 Å². The molecule has 3 rings (SSSR count). The number of ether oxygens (including phenoxy) is 1. The fourth-order valence-corrected chi connectivity index (χ4v) is 2.84. The molecule has 19 heavy (non-hydrogen) atoms. The van der Waals surface area contributed by atoms with E-state index in [9.17, 15) is 0 Å². The molecule has 1 heterocycles. The van der Waals surface area contributed by atoms with Crippen molar-refractivity contribution in [3.05, 3.63) is 51.2 Å². The van der Waals surface area contributed by atoms with Gasteiger partial charge >= 0.3 is 0 Å². The summed E-state index contributed by atoms with van der Waals surface area (Å²) in [7, 11) is 0. The highest BCUT2D eigenvalue weighted by molar-refractivity contribution is 7.16. The summed E-state index contributed by atoms with van der Waals surface area (Å²) in [6.45, 7) is 1.53. The summed E-state index contributed by atoms with van der Waals surface area (Å²) in [5, 5.41) is 3.50. The van der Waals surface area contributed by atoms with Gasteiger partial charge in [-0.1, -0.05) is 23.7 Å². The Kier molecular flexibility index (Phi) is 4.06. The molecular weight excluding hydrogens is 278 g/mol. The number of halogens is 1. The van der Waals surface area contributed by atoms with Crippen LogP contribution in [0.1, 0.15) is 23.3 Å². The third-order valence-corrected chi connectivity index (χ3v) is 4.31. The molecule has 0 unspecified atom stereocenters. The molecule has 2 nitrogen and oxygen atoms in total. The highest BCUT2D eigenvalue weighted by Gasteiger charge is 2.19. The Balaban J connectivity index is 1.50. The Morgan fingerprint density at radius 2 is 1.95 bits per heavy atom. The standard InChI is InChI=1S/C15H16ClNOS/c16-15-8-7-14(19-15)10-18-13-5-1-11(2-6-13)9-17-12-3-4-12/h1-2,5-8,12,17H,3-4,9-10H2. The quantitative estimate of drug-likeness (QED) is 0.860. The van der Waals surface area contributed by atoms with Crippen molar-refractivity contribution in [2.45, 2.75) is 32.0 Å². The van der Waals surface area contributed by atoms with Gasteiger partial charge in [-0.05, 0) is 42.7 Å². The Hall–Kier alpha value is -1.03. The van der Waals surface area contributed by atoms with Crippen molar-refractivity contribution in [2.24, 2.45) is 0 Å². The number of benzene rings is 1. The van der Waals surface area contributed by atoms with Gasteiger partial charge < -0.3 is 10.1 Å². The van der Waals surface area contributed by atoms with Gasteiger partial charge in [-0.3, -0.25) is 0 Å². The van der Waals surface area contributed by atoms with Crippen LogP contribution in [0.5, 0.6) is 5.75 Å². The molecule has 1 fully saturated rings. The number of hydrogen-bond donors (Lipinski definition) is 1. The summed E-state index contributed by atoms with van der Waals surface area (Å²) < 4.78 is 6.54. The van der Waals surface area contributed by atoms with Crippen molar-refractivity contribution in [1.29, 1.82) is 0 Å². The van der Waals surface area contributed by atoms with E-state index in [1.54, 1.807) is 11.3 Å². The van der Waals surface area contributed by atoms with Crippen LogP contribution in [-0.4, -0.2) is 6.04 Å². The molecule has 0 saturated heterocycles. The smallest absolute Gasteiger partial charge is 0.122 e. The van der Waals surface area contributed by atoms with E-state index in [0.717, 1.165) is 27.5 Å². The molecule has 100 valence electrons. The molecule has 0 aliphatic heterocycles. The molecule has 0 atom stereocenters. The van der Waals surface area contributed by atoms with Gasteiger partial charge in [0, 0.05) is 17.5 Å². The van der Waals surface area contributed by atoms with Gasteiger partial charge in [0.15, 0.2) is 0 Å². The lowest BCUT2D eigenvalue weighted by atomic mass is 10.2. The molecule has 2 aromatic rings. The van der Waals surface area contributed by atoms with Gasteiger partial charge in [-0.15, -0.1) is 11.3 Å². The second kappa shape index (κ2) is 5.95. The molecule has 0 radical (unpaired) electrons. The molecule has 1 aliphatic carbocycles. The molecule has 1 aromatic carbocycles. The monoisotopic (exact) mass is 293 g/mol. The first-order valence-electron chi connectivity index (χ1n) is 6.49. The topological polar surface area (TPSA) is 21.3 Å². The molecule has 1 aliphatic rings. The molecular formula is C15H16ClNOS. The van der Waals surface area contributed by atoms with E-state index in [4.69, 9.17) is 16.3 Å². The maximum atomic E-state index is 5.88. The van der Waals surface area contributed by atoms with Gasteiger partial charge in [-0.2, -0.15) is 0 Å². The van der Waals surface area contributed by atoms with Crippen LogP contribution in [0.4, 0.5) is 0 Å². The van der Waals surface area contributed by atoms with Crippen LogP contribution in [-0.2, 0) is 13.2 Å². The lowest BCUT2D eigenvalue weighted by Crippen LogP contribution is -2.15. The second-order valence-corrected chi connectivity index (χ2v) is 6.59. The first-order chi connectivity index (χ1) is 9.29. The van der Waals surface area contributed by atoms with E-state index in [2.05, 4.69) is 17.4 Å². The van der Waals surface area contributed by atoms with Crippen molar-refractivity contribution in [3.8, 4) is 5.75 Å². The van der Waals surface area contributed by atoms with Gasteiger partial charge in [0.1, 0.15) is 12.4 Å². The van der Waals surface area contributed by atoms with Crippen LogP contribution in [0.2, 0.25) is 4.34 Å². The zero-order valence-electron chi connectivity index (χ0n) is 10.6. The van der Waals surface area contributed by atoms with E-state index >= 15 is 0 Å². The SMILES string of the molecule is Clc1ccc(COc2ccc(CNC3CC3)cc2)s1. The summed E-state index contributed by atoms with van der Waals surface area (Å²) >= 11 is 7.44. The van der Waals surface area contributed by atoms with Crippen LogP contribution < -0.4 is 10.1 Å². The summed E-state index contributed by atoms with van der Waals surface area (Å²) in [5.74, 6) is 0.902. The Morgan fingerprint density at radius 3 is 2.58 bits per heavy atom. The summed E-state index contributed by atoms with van der Waals surface area (Å²) in [4.78, 5) is 1.14. The van der Waals surface area contributed by atoms with Gasteiger partial charge in [0.2, 0.25) is 0 Å². The van der Waals surface area contributed by atoms with E-state index < -0.39 is 0 Å². The van der Waals surface area contributed by atoms with E-state index in [0.29, 0.717) is 6.61 Å². The van der Waals surface area contributed by atoms with Gasteiger partial charge in [0.25, 0.3) is 0 Å². The molecule has 0 amide bonds. The van der Waals surface area contributed by atoms with Crippen molar-refractivity contribution in [2.75, 3.05) is 0 Å². The Morgan fingerprint density at radius 1 is 1.16 bits per heavy atom. The Labute approximate surface area is 122 Å². The van der Waals surface area contributed by atoms with Crippen LogP contribution in [0.15, 0.2) is 36.4 Å². The predicted molar refractivity (Wildman–Crippen MR) is 80.0 cm³/mol. The van der Waals surface area contributed by atoms with Crippen molar-refractivity contribution in [1.82, 2.24) is 5.32 Å².